The lowest BCUT2D eigenvalue weighted by atomic mass is 9.80. The number of unbranched alkanes of at least 4 members (excludes halogenated alkanes) is 3. The summed E-state index contributed by atoms with van der Waals surface area (Å²) in [5.41, 5.74) is -2.28. The van der Waals surface area contributed by atoms with Gasteiger partial charge in [0.1, 0.15) is 24.2 Å². The summed E-state index contributed by atoms with van der Waals surface area (Å²) in [6.45, 7) is 4.31. The Morgan fingerprint density at radius 1 is 1.04 bits per heavy atom. The molecule has 0 radical (unpaired) electrons. The molecule has 2 aromatic rings. The molecule has 258 valence electrons. The second-order valence-corrected chi connectivity index (χ2v) is 10.8. The lowest BCUT2D eigenvalue weighted by Crippen LogP contribution is -2.38. The minimum absolute atomic E-state index is 0. The average Bonchev–Trinajstić information content (AvgIpc) is 3.01. The molecule has 0 aromatic heterocycles. The number of non-ortho nitro benzene ring substituents is 1. The Morgan fingerprint density at radius 2 is 1.74 bits per heavy atom. The molecule has 0 spiro atoms. The first-order valence-corrected chi connectivity index (χ1v) is 14.7. The van der Waals surface area contributed by atoms with Gasteiger partial charge in [0, 0.05) is 24.4 Å². The standard InChI is InChI=1S/C32H38F3N3O8.ClH/c1-20-10-8-13-25(16-20)46-19-24(39)18-36-14-6-4-5-7-15-45-31(41)26-21(2)37-29(32(33,34)35)28(30(40)44-3)27(26)22-11-9-12-23(17-22)38(42)43;/h8-13,16-17,24,27,36-37,39H,4-7,14-15,18-19H2,1-3H3;1H. The minimum atomic E-state index is -5.03. The molecular formula is C32H39ClF3N3O8. The van der Waals surface area contributed by atoms with Gasteiger partial charge in [0.15, 0.2) is 0 Å². The van der Waals surface area contributed by atoms with Gasteiger partial charge in [0.2, 0.25) is 0 Å². The van der Waals surface area contributed by atoms with Gasteiger partial charge in [-0.25, -0.2) is 9.59 Å². The zero-order valence-corrected chi connectivity index (χ0v) is 27.0. The van der Waals surface area contributed by atoms with Crippen molar-refractivity contribution in [1.29, 1.82) is 0 Å². The molecule has 1 heterocycles. The number of methoxy groups -OCH3 is 1. The zero-order chi connectivity index (χ0) is 33.9. The van der Waals surface area contributed by atoms with Gasteiger partial charge < -0.3 is 30.0 Å². The molecule has 0 aliphatic carbocycles. The molecular weight excluding hydrogens is 647 g/mol. The second-order valence-electron chi connectivity index (χ2n) is 10.8. The van der Waals surface area contributed by atoms with E-state index < -0.39 is 52.0 Å². The molecule has 1 aliphatic heterocycles. The average molecular weight is 686 g/mol. The molecule has 0 saturated heterocycles. The summed E-state index contributed by atoms with van der Waals surface area (Å²) >= 11 is 0. The predicted molar refractivity (Wildman–Crippen MR) is 169 cm³/mol. The van der Waals surface area contributed by atoms with E-state index in [1.807, 2.05) is 31.2 Å². The number of aryl methyl sites for hydroxylation is 1. The topological polar surface area (TPSA) is 149 Å². The van der Waals surface area contributed by atoms with Crippen molar-refractivity contribution >= 4 is 30.0 Å². The Bertz CT molecular complexity index is 1470. The minimum Gasteiger partial charge on any atom is -0.491 e. The van der Waals surface area contributed by atoms with E-state index in [-0.39, 0.29) is 42.5 Å². The number of hydrogen-bond donors (Lipinski definition) is 3. The summed E-state index contributed by atoms with van der Waals surface area (Å²) in [6.07, 6.45) is -2.99. The van der Waals surface area contributed by atoms with Crippen LogP contribution in [0.15, 0.2) is 71.1 Å². The van der Waals surface area contributed by atoms with E-state index in [0.717, 1.165) is 37.6 Å². The number of carbonyl (C=O) groups excluding carboxylic acids is 2. The third-order valence-electron chi connectivity index (χ3n) is 7.18. The van der Waals surface area contributed by atoms with Crippen molar-refractivity contribution in [3.05, 3.63) is 92.3 Å². The van der Waals surface area contributed by atoms with E-state index >= 15 is 0 Å². The summed E-state index contributed by atoms with van der Waals surface area (Å²) in [7, 11) is 0.899. The number of nitrogens with zero attached hydrogens (tertiary/aromatic N) is 1. The number of rotatable bonds is 16. The Kier molecular flexibility index (Phi) is 15.2. The monoisotopic (exact) mass is 685 g/mol. The van der Waals surface area contributed by atoms with Crippen LogP contribution in [-0.2, 0) is 19.1 Å². The lowest BCUT2D eigenvalue weighted by Gasteiger charge is -2.31. The number of aliphatic hydroxyl groups is 1. The SMILES string of the molecule is COC(=O)C1=C(C(F)(F)F)NC(C)=C(C(=O)OCCCCCCNCC(O)COc2cccc(C)c2)C1c1cccc([N+](=O)[O-])c1.Cl. The van der Waals surface area contributed by atoms with Gasteiger partial charge in [0.05, 0.1) is 35.7 Å². The number of nitro benzene ring substituents is 1. The number of aliphatic hydroxyl groups excluding tert-OH is 1. The number of nitrogens with one attached hydrogen (secondary N) is 2. The number of alkyl halides is 3. The molecule has 0 bridgehead atoms. The maximum atomic E-state index is 14.0. The molecule has 0 saturated carbocycles. The number of allylic oxidation sites excluding steroid dienone is 2. The predicted octanol–water partition coefficient (Wildman–Crippen LogP) is 5.41. The Morgan fingerprint density at radius 3 is 2.40 bits per heavy atom. The van der Waals surface area contributed by atoms with Crippen molar-refractivity contribution in [2.24, 2.45) is 0 Å². The van der Waals surface area contributed by atoms with Gasteiger partial charge in [-0.3, -0.25) is 10.1 Å². The van der Waals surface area contributed by atoms with Crippen LogP contribution in [0.3, 0.4) is 0 Å². The van der Waals surface area contributed by atoms with Crippen molar-refractivity contribution in [1.82, 2.24) is 10.6 Å². The van der Waals surface area contributed by atoms with Gasteiger partial charge in [0.25, 0.3) is 5.69 Å². The summed E-state index contributed by atoms with van der Waals surface area (Å²) < 4.78 is 57.7. The Labute approximate surface area is 276 Å². The van der Waals surface area contributed by atoms with E-state index in [2.05, 4.69) is 15.4 Å². The number of halogens is 4. The first kappa shape index (κ1) is 39.0. The first-order chi connectivity index (χ1) is 21.8. The summed E-state index contributed by atoms with van der Waals surface area (Å²) in [5, 5.41) is 26.8. The highest BCUT2D eigenvalue weighted by Gasteiger charge is 2.47. The molecule has 1 aliphatic rings. The van der Waals surface area contributed by atoms with E-state index in [4.69, 9.17) is 9.47 Å². The van der Waals surface area contributed by atoms with Crippen LogP contribution in [0.25, 0.3) is 0 Å². The van der Waals surface area contributed by atoms with Gasteiger partial charge in [-0.2, -0.15) is 13.2 Å². The molecule has 47 heavy (non-hydrogen) atoms. The van der Waals surface area contributed by atoms with Crippen LogP contribution in [0.2, 0.25) is 0 Å². The van der Waals surface area contributed by atoms with Gasteiger partial charge in [-0.1, -0.05) is 37.1 Å². The van der Waals surface area contributed by atoms with Crippen molar-refractivity contribution in [3.63, 3.8) is 0 Å². The summed E-state index contributed by atoms with van der Waals surface area (Å²) in [5.74, 6) is -3.26. The highest BCUT2D eigenvalue weighted by atomic mass is 35.5. The van der Waals surface area contributed by atoms with E-state index in [1.54, 1.807) is 0 Å². The zero-order valence-electron chi connectivity index (χ0n) is 26.2. The van der Waals surface area contributed by atoms with Crippen LogP contribution >= 0.6 is 12.4 Å². The maximum absolute atomic E-state index is 14.0. The van der Waals surface area contributed by atoms with Crippen molar-refractivity contribution in [2.45, 2.75) is 57.7 Å². The highest BCUT2D eigenvalue weighted by Crippen LogP contribution is 2.44. The third-order valence-corrected chi connectivity index (χ3v) is 7.18. The van der Waals surface area contributed by atoms with Gasteiger partial charge in [-0.15, -0.1) is 12.4 Å². The maximum Gasteiger partial charge on any atom is 0.431 e. The normalized spacial score (nSPS) is 15.3. The number of hydrogen-bond acceptors (Lipinski definition) is 10. The molecule has 15 heteroatoms. The fourth-order valence-corrected chi connectivity index (χ4v) is 4.98. The van der Waals surface area contributed by atoms with Crippen molar-refractivity contribution < 1.29 is 47.0 Å². The summed E-state index contributed by atoms with van der Waals surface area (Å²) in [4.78, 5) is 36.6. The fourth-order valence-electron chi connectivity index (χ4n) is 4.98. The number of nitro groups is 1. The quantitative estimate of drug-likeness (QED) is 0.0907. The molecule has 11 nitrogen and oxygen atoms in total. The molecule has 3 rings (SSSR count). The number of ether oxygens (including phenoxy) is 3. The lowest BCUT2D eigenvalue weighted by molar-refractivity contribution is -0.384. The molecule has 0 fully saturated rings. The van der Waals surface area contributed by atoms with Crippen molar-refractivity contribution in [2.75, 3.05) is 33.4 Å². The van der Waals surface area contributed by atoms with Crippen LogP contribution in [0.1, 0.15) is 49.7 Å². The smallest absolute Gasteiger partial charge is 0.431 e. The largest absolute Gasteiger partial charge is 0.491 e. The fraction of sp³-hybridized carbons (Fsp3) is 0.438. The molecule has 2 aromatic carbocycles. The number of carbonyl (C=O) groups is 2. The third kappa shape index (κ3) is 11.3. The Balaban J connectivity index is 0.00000768. The molecule has 2 atom stereocenters. The van der Waals surface area contributed by atoms with E-state index in [9.17, 15) is 38.0 Å². The number of dihydropyridines is 1. The first-order valence-electron chi connectivity index (χ1n) is 14.7. The van der Waals surface area contributed by atoms with Gasteiger partial charge >= 0.3 is 18.1 Å². The molecule has 3 N–H and O–H groups in total. The number of benzene rings is 2. The summed E-state index contributed by atoms with van der Waals surface area (Å²) in [6, 6.07) is 12.2. The van der Waals surface area contributed by atoms with Crippen molar-refractivity contribution in [3.8, 4) is 5.75 Å². The molecule has 2 unspecified atom stereocenters. The Hall–Kier alpha value is -4.14. The van der Waals surface area contributed by atoms with E-state index in [1.165, 1.54) is 19.1 Å². The van der Waals surface area contributed by atoms with Crippen LogP contribution in [-0.4, -0.2) is 67.7 Å². The van der Waals surface area contributed by atoms with Crippen LogP contribution < -0.4 is 15.4 Å². The highest BCUT2D eigenvalue weighted by molar-refractivity contribution is 6.00. The van der Waals surface area contributed by atoms with Crippen LogP contribution in [0.4, 0.5) is 18.9 Å². The second kappa shape index (κ2) is 18.3. The van der Waals surface area contributed by atoms with Crippen LogP contribution in [0, 0.1) is 17.0 Å². The molecule has 0 amide bonds. The van der Waals surface area contributed by atoms with Gasteiger partial charge in [-0.05, 0) is 56.5 Å². The number of esters is 2. The van der Waals surface area contributed by atoms with E-state index in [0.29, 0.717) is 31.7 Å². The van der Waals surface area contributed by atoms with Crippen LogP contribution in [0.5, 0.6) is 5.75 Å².